The van der Waals surface area contributed by atoms with Crippen LogP contribution in [0.2, 0.25) is 15.1 Å². The maximum Gasteiger partial charge on any atom is 0.737 e. The summed E-state index contributed by atoms with van der Waals surface area (Å²) < 4.78 is 53.3. The first-order valence-electron chi connectivity index (χ1n) is 25.6. The normalized spacial score (nSPS) is 15.0. The molecule has 14 nitrogen and oxygen atoms in total. The predicted octanol–water partition coefficient (Wildman–Crippen LogP) is 10.2. The molecule has 0 unspecified atom stereocenters. The van der Waals surface area contributed by atoms with E-state index in [0.29, 0.717) is 134 Å². The highest BCUT2D eigenvalue weighted by Crippen LogP contribution is 2.36. The van der Waals surface area contributed by atoms with E-state index in [0.717, 1.165) is 55.6 Å². The highest BCUT2D eigenvalue weighted by Gasteiger charge is 2.52. The Bertz CT molecular complexity index is 3190. The zero-order chi connectivity index (χ0) is 53.9. The standard InChI is InChI=1S/C56H58BCl3F2N8O6S/c1-39-54(65-70(49-22-15-43(59)36-48(49)60)55(39)41-11-13-42(58)14-12-41)56(73)67-28-26-66(27-29-67)30-32-75-34-33-74-31-25-64-52(71)7-3-2-4-24-63-53(72)38-76-47-20-9-40(10-21-47)8-16-44-17-18-45-37-46-19-23-50(51-6-5-35-77-51)69(46)57(61,62)68(44)45/h5-6,8-23,35-37H,2-4,7,24-34,38H2,1H3,(H,63,72)(H,64,71)/b16-8+. The van der Waals surface area contributed by atoms with Crippen molar-refractivity contribution in [2.45, 2.75) is 32.6 Å². The fourth-order valence-electron chi connectivity index (χ4n) is 9.45. The molecule has 3 aliphatic heterocycles. The van der Waals surface area contributed by atoms with Crippen LogP contribution in [0.5, 0.6) is 5.75 Å². The van der Waals surface area contributed by atoms with E-state index >= 15 is 8.63 Å². The second-order valence-electron chi connectivity index (χ2n) is 18.7. The van der Waals surface area contributed by atoms with Gasteiger partial charge in [-0.3, -0.25) is 19.3 Å². The largest absolute Gasteiger partial charge is 0.737 e. The van der Waals surface area contributed by atoms with E-state index < -0.39 is 6.97 Å². The van der Waals surface area contributed by atoms with Crippen LogP contribution in [-0.4, -0.2) is 138 Å². The molecule has 0 spiro atoms. The summed E-state index contributed by atoms with van der Waals surface area (Å²) in [4.78, 5) is 43.5. The summed E-state index contributed by atoms with van der Waals surface area (Å²) in [5.74, 6) is 0.0601. The van der Waals surface area contributed by atoms with E-state index in [1.54, 1.807) is 102 Å². The van der Waals surface area contributed by atoms with E-state index in [1.807, 2.05) is 41.5 Å². The third-order valence-corrected chi connectivity index (χ3v) is 15.1. The van der Waals surface area contributed by atoms with Gasteiger partial charge in [-0.15, -0.1) is 11.3 Å². The molecule has 0 aliphatic carbocycles. The topological polar surface area (TPSA) is 135 Å². The Hall–Kier alpha value is -6.38. The summed E-state index contributed by atoms with van der Waals surface area (Å²) in [6, 6.07) is 26.8. The molecule has 2 N–H and O–H groups in total. The van der Waals surface area contributed by atoms with Crippen LogP contribution in [-0.2, 0) is 19.1 Å². The van der Waals surface area contributed by atoms with Gasteiger partial charge in [0.15, 0.2) is 23.7 Å². The van der Waals surface area contributed by atoms with Crippen LogP contribution in [0.4, 0.5) is 8.63 Å². The van der Waals surface area contributed by atoms with Gasteiger partial charge >= 0.3 is 6.97 Å². The third-order valence-electron chi connectivity index (χ3n) is 13.5. The Morgan fingerprint density at radius 1 is 0.805 bits per heavy atom. The fourth-order valence-corrected chi connectivity index (χ4v) is 10.8. The molecule has 77 heavy (non-hydrogen) atoms. The number of allylic oxidation sites excluding steroid dienone is 2. The summed E-state index contributed by atoms with van der Waals surface area (Å²) in [6.07, 6.45) is 11.3. The number of piperazine rings is 1. The molecule has 3 amide bonds. The Kier molecular flexibility index (Phi) is 18.6. The number of carbonyl (C=O) groups excluding carboxylic acids is 3. The minimum Gasteiger partial charge on any atom is -0.484 e. The molecule has 3 aliphatic rings. The molecule has 3 aromatic heterocycles. The molecule has 1 fully saturated rings. The molecular weight excluding hydrogens is 1070 g/mol. The van der Waals surface area contributed by atoms with E-state index in [4.69, 9.17) is 54.1 Å². The number of unbranched alkanes of at least 4 members (excludes halogenated alkanes) is 2. The molecule has 0 bridgehead atoms. The lowest BCUT2D eigenvalue weighted by Gasteiger charge is -2.34. The number of benzene rings is 3. The van der Waals surface area contributed by atoms with Gasteiger partial charge in [-0.2, -0.15) is 5.10 Å². The minimum atomic E-state index is -4.13. The number of hydrogen-bond donors (Lipinski definition) is 2. The van der Waals surface area contributed by atoms with Gasteiger partial charge in [-0.05, 0) is 97.4 Å². The summed E-state index contributed by atoms with van der Waals surface area (Å²) >= 11 is 20.4. The smallest absolute Gasteiger partial charge is 0.484 e. The summed E-state index contributed by atoms with van der Waals surface area (Å²) in [5.41, 5.74) is 5.89. The number of nitrogens with zero attached hydrogens (tertiary/aromatic N) is 6. The van der Waals surface area contributed by atoms with E-state index in [2.05, 4.69) is 15.5 Å². The SMILES string of the molecule is Cc1c(C(=O)N2CCN(CCOCCOCCNC(=O)CCCCCNC(=O)COc3ccc(/C=C/c4ccc5n4[B-](F)(F)[N+]4=C(c6cccs6)C=CC4=C5)cc3)CC2)nn(-c2ccc(Cl)cc2Cl)c1-c1ccc(Cl)cc1. The number of aromatic nitrogens is 3. The molecule has 6 aromatic rings. The summed E-state index contributed by atoms with van der Waals surface area (Å²) in [5, 5.41) is 13.9. The second-order valence-corrected chi connectivity index (χ2v) is 20.9. The maximum absolute atomic E-state index is 16.1. The van der Waals surface area contributed by atoms with Crippen LogP contribution in [0.1, 0.15) is 63.6 Å². The first kappa shape index (κ1) is 55.4. The van der Waals surface area contributed by atoms with Gasteiger partial charge < -0.3 is 47.3 Å². The lowest BCUT2D eigenvalue weighted by molar-refractivity contribution is -0.360. The molecule has 402 valence electrons. The molecule has 21 heteroatoms. The number of fused-ring (bicyclic) bond motifs is 2. The Balaban J connectivity index is 0.586. The van der Waals surface area contributed by atoms with Crippen LogP contribution in [0.25, 0.3) is 35.2 Å². The van der Waals surface area contributed by atoms with Crippen LogP contribution < -0.4 is 15.4 Å². The number of carbonyl (C=O) groups is 3. The van der Waals surface area contributed by atoms with Crippen LogP contribution >= 0.6 is 46.1 Å². The van der Waals surface area contributed by atoms with Crippen molar-refractivity contribution in [3.05, 3.63) is 162 Å². The lowest BCUT2D eigenvalue weighted by atomic mass is 9.90. The summed E-state index contributed by atoms with van der Waals surface area (Å²) in [6.45, 7) is 3.44. The van der Waals surface area contributed by atoms with Crippen molar-refractivity contribution in [3.63, 3.8) is 0 Å². The lowest BCUT2D eigenvalue weighted by Crippen LogP contribution is -2.50. The van der Waals surface area contributed by atoms with Crippen LogP contribution in [0.3, 0.4) is 0 Å². The Morgan fingerprint density at radius 2 is 1.56 bits per heavy atom. The molecule has 0 saturated carbocycles. The third kappa shape index (κ3) is 13.7. The van der Waals surface area contributed by atoms with Gasteiger partial charge in [0.1, 0.15) is 5.75 Å². The average molecular weight is 1130 g/mol. The Morgan fingerprint density at radius 3 is 2.31 bits per heavy atom. The molecule has 1 saturated heterocycles. The van der Waals surface area contributed by atoms with Gasteiger partial charge in [0.05, 0.1) is 47.7 Å². The van der Waals surface area contributed by atoms with Crippen molar-refractivity contribution < 1.29 is 41.7 Å². The fraction of sp³-hybridized carbons (Fsp3) is 0.304. The van der Waals surface area contributed by atoms with Crippen molar-refractivity contribution in [3.8, 4) is 22.7 Å². The van der Waals surface area contributed by atoms with E-state index in [-0.39, 0.29) is 24.3 Å². The zero-order valence-electron chi connectivity index (χ0n) is 42.4. The molecular formula is C56H58BCl3F2N8O6S. The number of thiophene rings is 1. The quantitative estimate of drug-likeness (QED) is 0.0452. The number of halogens is 5. The van der Waals surface area contributed by atoms with E-state index in [1.165, 1.54) is 11.3 Å². The molecule has 0 radical (unpaired) electrons. The molecule has 3 aromatic carbocycles. The average Bonchev–Trinajstić information content (AvgIpc) is 4.27. The van der Waals surface area contributed by atoms with Crippen molar-refractivity contribution in [2.24, 2.45) is 0 Å². The first-order chi connectivity index (χ1) is 37.3. The second kappa shape index (κ2) is 25.8. The number of rotatable bonds is 24. The first-order valence-corrected chi connectivity index (χ1v) is 27.6. The number of nitrogens with one attached hydrogen (secondary N) is 2. The van der Waals surface area contributed by atoms with Gasteiger partial charge in [0, 0.05) is 103 Å². The molecule has 6 heterocycles. The van der Waals surface area contributed by atoms with Crippen LogP contribution in [0, 0.1) is 6.92 Å². The van der Waals surface area contributed by atoms with Gasteiger partial charge in [-0.25, -0.2) is 4.68 Å². The van der Waals surface area contributed by atoms with Gasteiger partial charge in [0.2, 0.25) is 5.91 Å². The van der Waals surface area contributed by atoms with Crippen molar-refractivity contribution >= 4 is 94.8 Å². The maximum atomic E-state index is 16.1. The van der Waals surface area contributed by atoms with Gasteiger partial charge in [0.25, 0.3) is 11.8 Å². The van der Waals surface area contributed by atoms with Crippen molar-refractivity contribution in [1.29, 1.82) is 0 Å². The number of hydrogen-bond acceptors (Lipinski definition) is 9. The monoisotopic (exact) mass is 1120 g/mol. The minimum absolute atomic E-state index is 0.0508. The highest BCUT2D eigenvalue weighted by molar-refractivity contribution is 7.12. The van der Waals surface area contributed by atoms with Crippen LogP contribution in [0.15, 0.2) is 114 Å². The van der Waals surface area contributed by atoms with Gasteiger partial charge in [-0.1, -0.05) is 77.6 Å². The van der Waals surface area contributed by atoms with Crippen molar-refractivity contribution in [2.75, 3.05) is 78.8 Å². The number of ether oxygens (including phenoxy) is 3. The van der Waals surface area contributed by atoms with Crippen molar-refractivity contribution in [1.82, 2.24) is 34.7 Å². The predicted molar refractivity (Wildman–Crippen MR) is 302 cm³/mol. The number of amides is 3. The summed E-state index contributed by atoms with van der Waals surface area (Å²) in [7, 11) is 0. The Labute approximate surface area is 465 Å². The molecule has 9 rings (SSSR count). The van der Waals surface area contributed by atoms with E-state index in [9.17, 15) is 14.4 Å². The molecule has 0 atom stereocenters. The zero-order valence-corrected chi connectivity index (χ0v) is 45.5. The highest BCUT2D eigenvalue weighted by atomic mass is 35.5.